The Kier molecular flexibility index (Phi) is 7.43. The standard InChI is InChI=1S/C22H30N4O4/c1-6-27-19-10-17(8-7-9-28-16(2)3)11-23-21(19)18-12-26(25-24-18)13-20-29-14-22(4,5)15-30-20/h10-12,16,20H,6,9,13-15H2,1-5H3. The molecule has 1 fully saturated rings. The monoisotopic (exact) mass is 414 g/mol. The van der Waals surface area contributed by atoms with Crippen molar-refractivity contribution in [3.05, 3.63) is 24.0 Å². The third-order valence-corrected chi connectivity index (χ3v) is 4.31. The highest BCUT2D eigenvalue weighted by molar-refractivity contribution is 5.63. The molecule has 0 amide bonds. The van der Waals surface area contributed by atoms with Gasteiger partial charge < -0.3 is 18.9 Å². The summed E-state index contributed by atoms with van der Waals surface area (Å²) in [6, 6.07) is 1.86. The zero-order chi connectivity index (χ0) is 21.6. The molecular formula is C22H30N4O4. The van der Waals surface area contributed by atoms with E-state index in [1.54, 1.807) is 10.9 Å². The van der Waals surface area contributed by atoms with E-state index < -0.39 is 0 Å². The van der Waals surface area contributed by atoms with Crippen LogP contribution < -0.4 is 4.74 Å². The number of ether oxygens (including phenoxy) is 4. The fraction of sp³-hybridized carbons (Fsp3) is 0.591. The van der Waals surface area contributed by atoms with E-state index in [1.165, 1.54) is 0 Å². The van der Waals surface area contributed by atoms with Gasteiger partial charge in [0.25, 0.3) is 0 Å². The molecule has 0 aromatic carbocycles. The zero-order valence-electron chi connectivity index (χ0n) is 18.3. The second kappa shape index (κ2) is 10.0. The molecule has 0 spiro atoms. The van der Waals surface area contributed by atoms with Crippen LogP contribution >= 0.6 is 0 Å². The van der Waals surface area contributed by atoms with E-state index >= 15 is 0 Å². The predicted molar refractivity (Wildman–Crippen MR) is 112 cm³/mol. The lowest BCUT2D eigenvalue weighted by atomic mass is 9.96. The van der Waals surface area contributed by atoms with Crippen molar-refractivity contribution in [3.63, 3.8) is 0 Å². The van der Waals surface area contributed by atoms with Crippen LogP contribution in [0.1, 0.15) is 40.2 Å². The summed E-state index contributed by atoms with van der Waals surface area (Å²) in [6.45, 7) is 12.8. The maximum atomic E-state index is 5.77. The minimum Gasteiger partial charge on any atom is -0.491 e. The van der Waals surface area contributed by atoms with Crippen LogP contribution in [0.15, 0.2) is 18.5 Å². The van der Waals surface area contributed by atoms with Crippen molar-refractivity contribution < 1.29 is 18.9 Å². The van der Waals surface area contributed by atoms with Crippen molar-refractivity contribution in [1.82, 2.24) is 20.0 Å². The predicted octanol–water partition coefficient (Wildman–Crippen LogP) is 2.91. The molecule has 0 unspecified atom stereocenters. The van der Waals surface area contributed by atoms with Crippen LogP contribution in [0.3, 0.4) is 0 Å². The van der Waals surface area contributed by atoms with Gasteiger partial charge in [-0.2, -0.15) is 0 Å². The number of hydrogen-bond donors (Lipinski definition) is 0. The first kappa shape index (κ1) is 22.2. The van der Waals surface area contributed by atoms with E-state index in [0.717, 1.165) is 5.56 Å². The zero-order valence-corrected chi connectivity index (χ0v) is 18.3. The summed E-state index contributed by atoms with van der Waals surface area (Å²) in [6.07, 6.45) is 3.34. The van der Waals surface area contributed by atoms with Crippen LogP contribution in [0.2, 0.25) is 0 Å². The summed E-state index contributed by atoms with van der Waals surface area (Å²) < 4.78 is 24.5. The van der Waals surface area contributed by atoms with Crippen molar-refractivity contribution in [2.75, 3.05) is 26.4 Å². The Morgan fingerprint density at radius 3 is 2.77 bits per heavy atom. The van der Waals surface area contributed by atoms with Crippen molar-refractivity contribution in [2.24, 2.45) is 5.41 Å². The molecule has 8 nitrogen and oxygen atoms in total. The Balaban J connectivity index is 1.70. The molecule has 162 valence electrons. The average Bonchev–Trinajstić information content (AvgIpc) is 3.15. The van der Waals surface area contributed by atoms with Gasteiger partial charge in [-0.05, 0) is 26.8 Å². The summed E-state index contributed by atoms with van der Waals surface area (Å²) in [5.41, 5.74) is 2.04. The summed E-state index contributed by atoms with van der Waals surface area (Å²) in [5.74, 6) is 6.66. The quantitative estimate of drug-likeness (QED) is 0.645. The van der Waals surface area contributed by atoms with E-state index in [9.17, 15) is 0 Å². The summed E-state index contributed by atoms with van der Waals surface area (Å²) in [7, 11) is 0. The Labute approximate surface area is 177 Å². The molecule has 2 aromatic rings. The lowest BCUT2D eigenvalue weighted by molar-refractivity contribution is -0.227. The van der Waals surface area contributed by atoms with Crippen molar-refractivity contribution in [3.8, 4) is 29.0 Å². The SMILES string of the molecule is CCOc1cc(C#CCOC(C)C)cnc1-c1cn(CC2OCC(C)(C)CO2)nn1. The molecule has 0 bridgehead atoms. The molecule has 0 aliphatic carbocycles. The molecular weight excluding hydrogens is 384 g/mol. The normalized spacial score (nSPS) is 16.3. The van der Waals surface area contributed by atoms with Crippen LogP contribution in [0.25, 0.3) is 11.4 Å². The van der Waals surface area contributed by atoms with Gasteiger partial charge >= 0.3 is 0 Å². The fourth-order valence-corrected chi connectivity index (χ4v) is 2.80. The van der Waals surface area contributed by atoms with E-state index in [1.807, 2.05) is 33.0 Å². The maximum absolute atomic E-state index is 5.77. The van der Waals surface area contributed by atoms with Gasteiger partial charge in [0.05, 0.1) is 38.7 Å². The van der Waals surface area contributed by atoms with E-state index in [0.29, 0.717) is 50.1 Å². The van der Waals surface area contributed by atoms with Gasteiger partial charge in [-0.3, -0.25) is 0 Å². The van der Waals surface area contributed by atoms with Crippen LogP contribution in [0.5, 0.6) is 5.75 Å². The summed E-state index contributed by atoms with van der Waals surface area (Å²) in [5, 5.41) is 8.44. The van der Waals surface area contributed by atoms with Crippen molar-refractivity contribution in [2.45, 2.75) is 53.6 Å². The largest absolute Gasteiger partial charge is 0.491 e. The number of hydrogen-bond acceptors (Lipinski definition) is 7. The van der Waals surface area contributed by atoms with Gasteiger partial charge in [0, 0.05) is 17.2 Å². The van der Waals surface area contributed by atoms with Gasteiger partial charge in [0.2, 0.25) is 0 Å². The molecule has 0 radical (unpaired) electrons. The first-order chi connectivity index (χ1) is 14.4. The topological polar surface area (TPSA) is 80.5 Å². The van der Waals surface area contributed by atoms with Crippen LogP contribution in [-0.4, -0.2) is 58.8 Å². The van der Waals surface area contributed by atoms with Gasteiger partial charge in [0.1, 0.15) is 23.7 Å². The highest BCUT2D eigenvalue weighted by Gasteiger charge is 2.28. The van der Waals surface area contributed by atoms with Gasteiger partial charge in [-0.25, -0.2) is 9.67 Å². The van der Waals surface area contributed by atoms with Gasteiger partial charge in [0.15, 0.2) is 6.29 Å². The van der Waals surface area contributed by atoms with E-state index in [4.69, 9.17) is 18.9 Å². The van der Waals surface area contributed by atoms with Gasteiger partial charge in [-0.1, -0.05) is 30.9 Å². The molecule has 0 atom stereocenters. The van der Waals surface area contributed by atoms with Gasteiger partial charge in [-0.15, -0.1) is 5.10 Å². The maximum Gasteiger partial charge on any atom is 0.177 e. The highest BCUT2D eigenvalue weighted by atomic mass is 16.7. The third kappa shape index (κ3) is 6.26. The first-order valence-electron chi connectivity index (χ1n) is 10.2. The third-order valence-electron chi connectivity index (χ3n) is 4.31. The Hall–Kier alpha value is -2.47. The number of nitrogens with zero attached hydrogens (tertiary/aromatic N) is 4. The summed E-state index contributed by atoms with van der Waals surface area (Å²) >= 11 is 0. The smallest absolute Gasteiger partial charge is 0.177 e. The number of aromatic nitrogens is 4. The van der Waals surface area contributed by atoms with E-state index in [-0.39, 0.29) is 17.8 Å². The Morgan fingerprint density at radius 2 is 2.07 bits per heavy atom. The minimum absolute atomic E-state index is 0.0336. The molecule has 3 rings (SSSR count). The second-order valence-corrected chi connectivity index (χ2v) is 8.21. The second-order valence-electron chi connectivity index (χ2n) is 8.21. The first-order valence-corrected chi connectivity index (χ1v) is 10.2. The molecule has 1 aliphatic rings. The van der Waals surface area contributed by atoms with Crippen LogP contribution in [0.4, 0.5) is 0 Å². The Morgan fingerprint density at radius 1 is 1.30 bits per heavy atom. The molecule has 1 aliphatic heterocycles. The molecule has 1 saturated heterocycles. The lowest BCUT2D eigenvalue weighted by Crippen LogP contribution is -2.39. The van der Waals surface area contributed by atoms with Crippen LogP contribution in [-0.2, 0) is 20.8 Å². The average molecular weight is 415 g/mol. The molecule has 30 heavy (non-hydrogen) atoms. The van der Waals surface area contributed by atoms with Crippen molar-refractivity contribution in [1.29, 1.82) is 0 Å². The molecule has 3 heterocycles. The molecule has 2 aromatic heterocycles. The number of pyridine rings is 1. The van der Waals surface area contributed by atoms with E-state index in [2.05, 4.69) is 41.0 Å². The molecule has 0 N–H and O–H groups in total. The van der Waals surface area contributed by atoms with Crippen molar-refractivity contribution >= 4 is 0 Å². The highest BCUT2D eigenvalue weighted by Crippen LogP contribution is 2.28. The van der Waals surface area contributed by atoms with Crippen LogP contribution in [0, 0.1) is 17.3 Å². The fourth-order valence-electron chi connectivity index (χ4n) is 2.80. The molecule has 8 heteroatoms. The lowest BCUT2D eigenvalue weighted by Gasteiger charge is -2.34. The Bertz CT molecular complexity index is 888. The molecule has 0 saturated carbocycles. The summed E-state index contributed by atoms with van der Waals surface area (Å²) in [4.78, 5) is 4.51. The number of rotatable bonds is 7. The minimum atomic E-state index is -0.336.